The third-order valence-electron chi connectivity index (χ3n) is 2.94. The number of fused-ring (bicyclic) bond motifs is 1. The Kier molecular flexibility index (Phi) is 4.44. The van der Waals surface area contributed by atoms with Crippen LogP contribution in [0, 0.1) is 6.92 Å². The van der Waals surface area contributed by atoms with Gasteiger partial charge in [0.25, 0.3) is 0 Å². The molecular formula is C14H18BrN3O4. The van der Waals surface area contributed by atoms with Crippen LogP contribution >= 0.6 is 15.9 Å². The molecule has 2 aromatic heterocycles. The lowest BCUT2D eigenvalue weighted by Crippen LogP contribution is -2.35. The summed E-state index contributed by atoms with van der Waals surface area (Å²) in [6.45, 7) is 6.77. The number of carbonyl (C=O) groups is 1. The fourth-order valence-corrected chi connectivity index (χ4v) is 2.33. The molecule has 0 aliphatic rings. The average Bonchev–Trinajstić information content (AvgIpc) is 2.62. The van der Waals surface area contributed by atoms with Gasteiger partial charge < -0.3 is 9.84 Å². The number of aliphatic hydroxyl groups excluding tert-OH is 1. The fraction of sp³-hybridized carbons (Fsp3) is 0.500. The predicted octanol–water partition coefficient (Wildman–Crippen LogP) is 2.04. The molecule has 0 bridgehead atoms. The van der Waals surface area contributed by atoms with Gasteiger partial charge in [0.05, 0.1) is 24.4 Å². The summed E-state index contributed by atoms with van der Waals surface area (Å²) in [5, 5.41) is 9.14. The molecule has 2 rings (SSSR count). The molecule has 0 spiro atoms. The summed E-state index contributed by atoms with van der Waals surface area (Å²) in [7, 11) is 0. The minimum Gasteiger partial charge on any atom is -0.443 e. The second-order valence-corrected chi connectivity index (χ2v) is 6.73. The molecular weight excluding hydrogens is 354 g/mol. The predicted molar refractivity (Wildman–Crippen MR) is 85.1 cm³/mol. The molecule has 2 aromatic rings. The fourth-order valence-electron chi connectivity index (χ4n) is 2.02. The topological polar surface area (TPSA) is 86.4 Å². The third kappa shape index (κ3) is 3.07. The summed E-state index contributed by atoms with van der Waals surface area (Å²) < 4.78 is 8.19. The number of hydrogen-bond acceptors (Lipinski definition) is 5. The van der Waals surface area contributed by atoms with Crippen LogP contribution in [0.15, 0.2) is 15.3 Å². The number of imidazole rings is 1. The van der Waals surface area contributed by atoms with E-state index in [1.165, 1.54) is 4.57 Å². The van der Waals surface area contributed by atoms with Crippen molar-refractivity contribution in [2.24, 2.45) is 0 Å². The summed E-state index contributed by atoms with van der Waals surface area (Å²) >= 11 is 3.36. The summed E-state index contributed by atoms with van der Waals surface area (Å²) in [4.78, 5) is 29.1. The highest BCUT2D eigenvalue weighted by molar-refractivity contribution is 9.10. The van der Waals surface area contributed by atoms with Gasteiger partial charge in [0.1, 0.15) is 5.60 Å². The molecule has 2 heterocycles. The van der Waals surface area contributed by atoms with E-state index >= 15 is 0 Å². The van der Waals surface area contributed by atoms with Gasteiger partial charge in [-0.1, -0.05) is 0 Å². The maximum Gasteiger partial charge on any atom is 0.424 e. The maximum absolute atomic E-state index is 12.5. The van der Waals surface area contributed by atoms with Crippen LogP contribution in [0.25, 0.3) is 11.2 Å². The van der Waals surface area contributed by atoms with Gasteiger partial charge in [0, 0.05) is 4.47 Å². The number of aliphatic hydroxyl groups is 1. The van der Waals surface area contributed by atoms with Crippen LogP contribution in [0.3, 0.4) is 0 Å². The van der Waals surface area contributed by atoms with Crippen LogP contribution in [0.1, 0.15) is 26.5 Å². The molecule has 8 heteroatoms. The van der Waals surface area contributed by atoms with Gasteiger partial charge in [-0.05, 0) is 49.7 Å². The van der Waals surface area contributed by atoms with E-state index < -0.39 is 17.4 Å². The highest BCUT2D eigenvalue weighted by Crippen LogP contribution is 2.21. The second kappa shape index (κ2) is 5.85. The van der Waals surface area contributed by atoms with Crippen molar-refractivity contribution in [2.45, 2.75) is 39.8 Å². The molecule has 0 saturated heterocycles. The molecule has 0 aliphatic carbocycles. The van der Waals surface area contributed by atoms with Crippen molar-refractivity contribution in [3.05, 3.63) is 26.7 Å². The average molecular weight is 372 g/mol. The molecule has 0 amide bonds. The van der Waals surface area contributed by atoms with E-state index in [2.05, 4.69) is 20.9 Å². The Bertz CT molecular complexity index is 786. The minimum absolute atomic E-state index is 0.0717. The monoisotopic (exact) mass is 371 g/mol. The van der Waals surface area contributed by atoms with Crippen LogP contribution in [0.2, 0.25) is 0 Å². The number of aromatic nitrogens is 3. The van der Waals surface area contributed by atoms with Gasteiger partial charge in [-0.3, -0.25) is 4.57 Å². The number of nitrogens with zero attached hydrogens (tertiary/aromatic N) is 3. The van der Waals surface area contributed by atoms with Gasteiger partial charge >= 0.3 is 11.8 Å². The molecule has 0 saturated carbocycles. The Hall–Kier alpha value is -1.67. The number of pyridine rings is 1. The van der Waals surface area contributed by atoms with E-state index in [1.54, 1.807) is 33.8 Å². The van der Waals surface area contributed by atoms with E-state index in [9.17, 15) is 9.59 Å². The van der Waals surface area contributed by atoms with Gasteiger partial charge in [-0.2, -0.15) is 4.57 Å². The van der Waals surface area contributed by atoms with E-state index in [0.717, 1.165) is 4.57 Å². The number of rotatable bonds is 2. The molecule has 0 fully saturated rings. The Morgan fingerprint density at radius 3 is 2.64 bits per heavy atom. The number of aryl methyl sites for hydroxylation is 1. The summed E-state index contributed by atoms with van der Waals surface area (Å²) in [6.07, 6.45) is -0.784. The van der Waals surface area contributed by atoms with Crippen LogP contribution in [0.4, 0.5) is 4.79 Å². The van der Waals surface area contributed by atoms with Crippen molar-refractivity contribution in [1.29, 1.82) is 0 Å². The first-order chi connectivity index (χ1) is 10.2. The quantitative estimate of drug-likeness (QED) is 0.872. The Balaban J connectivity index is 2.73. The van der Waals surface area contributed by atoms with Crippen molar-refractivity contribution in [1.82, 2.24) is 14.1 Å². The third-order valence-corrected chi connectivity index (χ3v) is 3.74. The van der Waals surface area contributed by atoms with E-state index in [-0.39, 0.29) is 18.8 Å². The number of hydrogen-bond donors (Lipinski definition) is 1. The number of halogens is 1. The van der Waals surface area contributed by atoms with Crippen molar-refractivity contribution in [3.63, 3.8) is 0 Å². The van der Waals surface area contributed by atoms with Crippen LogP contribution < -0.4 is 5.69 Å². The summed E-state index contributed by atoms with van der Waals surface area (Å²) in [6, 6.07) is 1.70. The van der Waals surface area contributed by atoms with Crippen LogP contribution in [0.5, 0.6) is 0 Å². The Morgan fingerprint density at radius 2 is 2.09 bits per heavy atom. The molecule has 0 aromatic carbocycles. The van der Waals surface area contributed by atoms with Crippen molar-refractivity contribution in [2.75, 3.05) is 6.61 Å². The van der Waals surface area contributed by atoms with E-state index in [0.29, 0.717) is 15.7 Å². The molecule has 0 aliphatic heterocycles. The highest BCUT2D eigenvalue weighted by atomic mass is 79.9. The number of ether oxygens (including phenoxy) is 1. The molecule has 0 radical (unpaired) electrons. The molecule has 22 heavy (non-hydrogen) atoms. The van der Waals surface area contributed by atoms with Crippen LogP contribution in [-0.4, -0.2) is 37.5 Å². The molecule has 120 valence electrons. The molecule has 0 unspecified atom stereocenters. The van der Waals surface area contributed by atoms with E-state index in [1.807, 2.05) is 0 Å². The zero-order valence-electron chi connectivity index (χ0n) is 12.9. The van der Waals surface area contributed by atoms with E-state index in [4.69, 9.17) is 9.84 Å². The van der Waals surface area contributed by atoms with Gasteiger partial charge in [0.2, 0.25) is 0 Å². The van der Waals surface area contributed by atoms with Crippen molar-refractivity contribution < 1.29 is 14.6 Å². The van der Waals surface area contributed by atoms with Crippen molar-refractivity contribution in [3.8, 4) is 0 Å². The molecule has 0 atom stereocenters. The van der Waals surface area contributed by atoms with Gasteiger partial charge in [-0.25, -0.2) is 14.6 Å². The molecule has 1 N–H and O–H groups in total. The zero-order valence-corrected chi connectivity index (χ0v) is 14.5. The SMILES string of the molecule is Cc1nc2c(cc1Br)n(CCO)c(=O)n2C(=O)OC(C)(C)C. The first-order valence-electron chi connectivity index (χ1n) is 6.78. The van der Waals surface area contributed by atoms with Gasteiger partial charge in [-0.15, -0.1) is 0 Å². The minimum atomic E-state index is -0.784. The first-order valence-corrected chi connectivity index (χ1v) is 7.57. The standard InChI is InChI=1S/C14H18BrN3O4/c1-8-9(15)7-10-11(16-8)18(12(20)17(10)5-6-19)13(21)22-14(2,3)4/h7,19H,5-6H2,1-4H3. The van der Waals surface area contributed by atoms with Crippen LogP contribution in [-0.2, 0) is 11.3 Å². The molecule has 7 nitrogen and oxygen atoms in total. The zero-order chi connectivity index (χ0) is 16.7. The maximum atomic E-state index is 12.5. The number of carbonyl (C=O) groups excluding carboxylic acids is 1. The first kappa shape index (κ1) is 16.7. The largest absolute Gasteiger partial charge is 0.443 e. The lowest BCUT2D eigenvalue weighted by molar-refractivity contribution is 0.0535. The Morgan fingerprint density at radius 1 is 1.45 bits per heavy atom. The highest BCUT2D eigenvalue weighted by Gasteiger charge is 2.25. The second-order valence-electron chi connectivity index (χ2n) is 5.87. The normalized spacial score (nSPS) is 11.9. The van der Waals surface area contributed by atoms with Gasteiger partial charge in [0.15, 0.2) is 5.65 Å². The lowest BCUT2D eigenvalue weighted by atomic mass is 10.2. The van der Waals surface area contributed by atoms with Crippen molar-refractivity contribution >= 4 is 33.2 Å². The smallest absolute Gasteiger partial charge is 0.424 e. The summed E-state index contributed by atoms with van der Waals surface area (Å²) in [5.74, 6) is 0. The Labute approximate surface area is 135 Å². The lowest BCUT2D eigenvalue weighted by Gasteiger charge is -2.19. The summed E-state index contributed by atoms with van der Waals surface area (Å²) in [5.41, 5.74) is 0.0110.